The largest absolute Gasteiger partial charge is 0.468 e. The normalized spacial score (nSPS) is 22.9. The number of likely N-dealkylation sites (N-methyl/N-ethyl adjacent to an activating group) is 1. The van der Waals surface area contributed by atoms with Crippen molar-refractivity contribution in [1.82, 2.24) is 15.1 Å². The molecule has 6 heteroatoms. The van der Waals surface area contributed by atoms with E-state index in [4.69, 9.17) is 9.15 Å². The molecular formula is C16H27N3O3. The van der Waals surface area contributed by atoms with E-state index in [-0.39, 0.29) is 12.5 Å². The zero-order valence-electron chi connectivity index (χ0n) is 13.7. The lowest BCUT2D eigenvalue weighted by Gasteiger charge is -2.41. The Hall–Kier alpha value is -1.37. The summed E-state index contributed by atoms with van der Waals surface area (Å²) < 4.78 is 10.3. The Labute approximate surface area is 132 Å². The number of nitrogens with zero attached hydrogens (tertiary/aromatic N) is 2. The van der Waals surface area contributed by atoms with Crippen molar-refractivity contribution < 1.29 is 13.9 Å². The van der Waals surface area contributed by atoms with Gasteiger partial charge in [-0.15, -0.1) is 0 Å². The number of carbonyl (C=O) groups is 1. The number of methoxy groups -OCH3 is 1. The summed E-state index contributed by atoms with van der Waals surface area (Å²) in [6, 6.07) is 4.37. The molecule has 0 saturated carbocycles. The third-order valence-electron chi connectivity index (χ3n) is 4.27. The molecule has 124 valence electrons. The molecular weight excluding hydrogens is 282 g/mol. The smallest absolute Gasteiger partial charge is 0.245 e. The van der Waals surface area contributed by atoms with Crippen LogP contribution >= 0.6 is 0 Å². The van der Waals surface area contributed by atoms with Crippen LogP contribution in [-0.2, 0) is 16.1 Å². The van der Waals surface area contributed by atoms with Crippen LogP contribution in [-0.4, -0.2) is 69.2 Å². The van der Waals surface area contributed by atoms with E-state index in [1.807, 2.05) is 12.1 Å². The zero-order chi connectivity index (χ0) is 15.9. The van der Waals surface area contributed by atoms with Gasteiger partial charge in [-0.05, 0) is 45.1 Å². The van der Waals surface area contributed by atoms with Gasteiger partial charge < -0.3 is 19.4 Å². The van der Waals surface area contributed by atoms with Crippen LogP contribution in [0.5, 0.6) is 0 Å². The van der Waals surface area contributed by atoms with Crippen molar-refractivity contribution in [1.29, 1.82) is 0 Å². The van der Waals surface area contributed by atoms with Gasteiger partial charge in [0.1, 0.15) is 12.4 Å². The molecule has 1 amide bonds. The van der Waals surface area contributed by atoms with Gasteiger partial charge in [0.05, 0.1) is 12.8 Å². The van der Waals surface area contributed by atoms with Gasteiger partial charge in [-0.3, -0.25) is 9.69 Å². The summed E-state index contributed by atoms with van der Waals surface area (Å²) >= 11 is 0. The van der Waals surface area contributed by atoms with Crippen molar-refractivity contribution in [2.75, 3.05) is 47.4 Å². The molecule has 0 unspecified atom stereocenters. The van der Waals surface area contributed by atoms with Gasteiger partial charge in [-0.25, -0.2) is 0 Å². The molecule has 1 aliphatic rings. The minimum Gasteiger partial charge on any atom is -0.468 e. The number of piperidine rings is 1. The molecule has 2 heterocycles. The van der Waals surface area contributed by atoms with E-state index >= 15 is 0 Å². The average Bonchev–Trinajstić information content (AvgIpc) is 2.99. The average molecular weight is 309 g/mol. The summed E-state index contributed by atoms with van der Waals surface area (Å²) in [5.41, 5.74) is 0. The van der Waals surface area contributed by atoms with Crippen LogP contribution in [0.3, 0.4) is 0 Å². The first-order chi connectivity index (χ1) is 10.6. The van der Waals surface area contributed by atoms with Gasteiger partial charge in [0, 0.05) is 26.2 Å². The molecule has 1 aliphatic heterocycles. The molecule has 22 heavy (non-hydrogen) atoms. The fourth-order valence-corrected chi connectivity index (χ4v) is 3.06. The summed E-state index contributed by atoms with van der Waals surface area (Å²) in [6.07, 6.45) is 2.79. The molecule has 0 aromatic carbocycles. The standard InChI is InChI=1S/C16H27N3O3/c1-18(2)15-11-19(10-14-5-4-8-22-14)7-6-13(15)9-17-16(20)12-21-3/h4-5,8,13,15H,6-7,9-12H2,1-3H3,(H,17,20)/t13-,15-/m1/s1. The van der Waals surface area contributed by atoms with E-state index in [2.05, 4.69) is 29.2 Å². The lowest BCUT2D eigenvalue weighted by molar-refractivity contribution is -0.125. The third-order valence-corrected chi connectivity index (χ3v) is 4.27. The third kappa shape index (κ3) is 4.83. The van der Waals surface area contributed by atoms with Crippen molar-refractivity contribution in [2.24, 2.45) is 5.92 Å². The molecule has 0 aliphatic carbocycles. The maximum Gasteiger partial charge on any atom is 0.245 e. The molecule has 0 bridgehead atoms. The number of ether oxygens (including phenoxy) is 1. The van der Waals surface area contributed by atoms with E-state index in [0.717, 1.165) is 31.8 Å². The van der Waals surface area contributed by atoms with Gasteiger partial charge in [0.15, 0.2) is 0 Å². The molecule has 2 atom stereocenters. The molecule has 0 spiro atoms. The molecule has 2 rings (SSSR count). The Balaban J connectivity index is 1.86. The summed E-state index contributed by atoms with van der Waals surface area (Å²) in [5.74, 6) is 1.42. The molecule has 1 aromatic heterocycles. The second-order valence-corrected chi connectivity index (χ2v) is 6.13. The maximum absolute atomic E-state index is 11.6. The van der Waals surface area contributed by atoms with E-state index in [0.29, 0.717) is 18.5 Å². The van der Waals surface area contributed by atoms with Gasteiger partial charge in [-0.2, -0.15) is 0 Å². The summed E-state index contributed by atoms with van der Waals surface area (Å²) in [4.78, 5) is 16.2. The van der Waals surface area contributed by atoms with E-state index < -0.39 is 0 Å². The minimum absolute atomic E-state index is 0.0435. The van der Waals surface area contributed by atoms with Crippen LogP contribution in [0, 0.1) is 5.92 Å². The maximum atomic E-state index is 11.6. The topological polar surface area (TPSA) is 58.0 Å². The van der Waals surface area contributed by atoms with E-state index in [1.54, 1.807) is 6.26 Å². The fourth-order valence-electron chi connectivity index (χ4n) is 3.06. The van der Waals surface area contributed by atoms with Crippen molar-refractivity contribution in [2.45, 2.75) is 19.0 Å². The first kappa shape index (κ1) is 17.0. The number of rotatable bonds is 7. The Bertz CT molecular complexity index is 447. The van der Waals surface area contributed by atoms with Crippen LogP contribution in [0.25, 0.3) is 0 Å². The lowest BCUT2D eigenvalue weighted by atomic mass is 9.90. The van der Waals surface area contributed by atoms with Crippen LogP contribution < -0.4 is 5.32 Å². The Kier molecular flexibility index (Phi) is 6.42. The monoisotopic (exact) mass is 309 g/mol. The molecule has 0 radical (unpaired) electrons. The predicted octanol–water partition coefficient (Wildman–Crippen LogP) is 0.794. The predicted molar refractivity (Wildman–Crippen MR) is 84.5 cm³/mol. The van der Waals surface area contributed by atoms with Crippen LogP contribution in [0.2, 0.25) is 0 Å². The van der Waals surface area contributed by atoms with Gasteiger partial charge in [0.2, 0.25) is 5.91 Å². The van der Waals surface area contributed by atoms with E-state index in [1.165, 1.54) is 7.11 Å². The van der Waals surface area contributed by atoms with Gasteiger partial charge in [0.25, 0.3) is 0 Å². The highest BCUT2D eigenvalue weighted by molar-refractivity contribution is 5.77. The van der Waals surface area contributed by atoms with Crippen LogP contribution in [0.1, 0.15) is 12.2 Å². The van der Waals surface area contributed by atoms with Crippen molar-refractivity contribution in [3.63, 3.8) is 0 Å². The van der Waals surface area contributed by atoms with Gasteiger partial charge in [-0.1, -0.05) is 0 Å². The number of carbonyl (C=O) groups excluding carboxylic acids is 1. The van der Waals surface area contributed by atoms with Crippen molar-refractivity contribution >= 4 is 5.91 Å². The molecule has 6 nitrogen and oxygen atoms in total. The summed E-state index contributed by atoms with van der Waals surface area (Å²) in [6.45, 7) is 3.69. The molecule has 1 saturated heterocycles. The first-order valence-corrected chi connectivity index (χ1v) is 7.77. The Morgan fingerprint density at radius 3 is 3.00 bits per heavy atom. The second kappa shape index (κ2) is 8.31. The van der Waals surface area contributed by atoms with Crippen molar-refractivity contribution in [3.8, 4) is 0 Å². The second-order valence-electron chi connectivity index (χ2n) is 6.13. The molecule has 1 N–H and O–H groups in total. The Morgan fingerprint density at radius 2 is 2.36 bits per heavy atom. The highest BCUT2D eigenvalue weighted by Gasteiger charge is 2.31. The van der Waals surface area contributed by atoms with E-state index in [9.17, 15) is 4.79 Å². The number of amides is 1. The summed E-state index contributed by atoms with van der Waals surface area (Å²) in [5, 5.41) is 2.97. The van der Waals surface area contributed by atoms with Crippen LogP contribution in [0.15, 0.2) is 22.8 Å². The Morgan fingerprint density at radius 1 is 1.55 bits per heavy atom. The number of hydrogen-bond acceptors (Lipinski definition) is 5. The quantitative estimate of drug-likeness (QED) is 0.807. The zero-order valence-corrected chi connectivity index (χ0v) is 13.7. The highest BCUT2D eigenvalue weighted by Crippen LogP contribution is 2.22. The van der Waals surface area contributed by atoms with Gasteiger partial charge >= 0.3 is 0 Å². The lowest BCUT2D eigenvalue weighted by Crippen LogP contribution is -2.53. The van der Waals surface area contributed by atoms with Crippen LogP contribution in [0.4, 0.5) is 0 Å². The molecule has 1 fully saturated rings. The SMILES string of the molecule is COCC(=O)NC[C@H]1CCN(Cc2ccco2)C[C@H]1N(C)C. The number of furan rings is 1. The van der Waals surface area contributed by atoms with Crippen molar-refractivity contribution in [3.05, 3.63) is 24.2 Å². The number of hydrogen-bond donors (Lipinski definition) is 1. The number of nitrogens with one attached hydrogen (secondary N) is 1. The fraction of sp³-hybridized carbons (Fsp3) is 0.688. The highest BCUT2D eigenvalue weighted by atomic mass is 16.5. The molecule has 1 aromatic rings. The minimum atomic E-state index is -0.0435. The number of likely N-dealkylation sites (tertiary alicyclic amines) is 1. The first-order valence-electron chi connectivity index (χ1n) is 7.77. The summed E-state index contributed by atoms with van der Waals surface area (Å²) in [7, 11) is 5.74.